The first-order chi connectivity index (χ1) is 17.7. The van der Waals surface area contributed by atoms with Crippen molar-refractivity contribution < 1.29 is 18.8 Å². The zero-order valence-corrected chi connectivity index (χ0v) is 24.2. The van der Waals surface area contributed by atoms with Crippen LogP contribution in [0, 0.1) is 34.5 Å². The predicted molar refractivity (Wildman–Crippen MR) is 146 cm³/mol. The molecule has 9 atom stereocenters. The van der Waals surface area contributed by atoms with Gasteiger partial charge in [-0.05, 0) is 113 Å². The van der Waals surface area contributed by atoms with Crippen LogP contribution in [-0.2, 0) is 14.3 Å². The number of hydrogen-bond donors (Lipinski definition) is 0. The molecule has 0 amide bonds. The van der Waals surface area contributed by atoms with Crippen molar-refractivity contribution in [1.29, 1.82) is 0 Å². The SMILES string of the molecule is CC(=O)O[C@@H]1C[C@H]2CC[C@@H]3[C@@H](CC[C@]4(C)C(=O)[C@@H]([N+]5(C)CCCCC5)C[C@H]34)[C@@]2(C)C[C@@H]1N1CCCCC1. The molecule has 5 nitrogen and oxygen atoms in total. The number of fused-ring (bicyclic) bond motifs is 5. The highest BCUT2D eigenvalue weighted by atomic mass is 16.5. The number of likely N-dealkylation sites (tertiary alicyclic amines) is 2. The molecule has 0 unspecified atom stereocenters. The van der Waals surface area contributed by atoms with E-state index in [0.29, 0.717) is 40.9 Å². The molecule has 4 saturated carbocycles. The first-order valence-corrected chi connectivity index (χ1v) is 16.0. The molecule has 208 valence electrons. The van der Waals surface area contributed by atoms with Gasteiger partial charge in [-0.3, -0.25) is 14.5 Å². The zero-order chi connectivity index (χ0) is 26.0. The molecule has 0 aromatic carbocycles. The fraction of sp³-hybridized carbons (Fsp3) is 0.938. The summed E-state index contributed by atoms with van der Waals surface area (Å²) in [5.41, 5.74) is 0.197. The maximum absolute atomic E-state index is 14.1. The zero-order valence-electron chi connectivity index (χ0n) is 24.2. The maximum atomic E-state index is 14.1. The van der Waals surface area contributed by atoms with E-state index in [0.717, 1.165) is 36.8 Å². The molecule has 4 aliphatic carbocycles. The summed E-state index contributed by atoms with van der Waals surface area (Å²) < 4.78 is 7.07. The van der Waals surface area contributed by atoms with Crippen LogP contribution in [0.25, 0.3) is 0 Å². The Hall–Kier alpha value is -0.940. The Morgan fingerprint density at radius 1 is 0.946 bits per heavy atom. The van der Waals surface area contributed by atoms with Crippen LogP contribution in [-0.4, -0.2) is 72.5 Å². The van der Waals surface area contributed by atoms with Crippen LogP contribution in [0.5, 0.6) is 0 Å². The summed E-state index contributed by atoms with van der Waals surface area (Å²) in [6, 6.07) is 0.605. The second kappa shape index (κ2) is 9.61. The van der Waals surface area contributed by atoms with Gasteiger partial charge in [0.15, 0.2) is 5.78 Å². The van der Waals surface area contributed by atoms with E-state index in [4.69, 9.17) is 4.74 Å². The number of nitrogens with zero attached hydrogens (tertiary/aromatic N) is 2. The number of ketones is 1. The number of ether oxygens (including phenoxy) is 1. The number of rotatable bonds is 3. The average Bonchev–Trinajstić information content (AvgIpc) is 3.16. The first-order valence-electron chi connectivity index (χ1n) is 16.0. The van der Waals surface area contributed by atoms with Crippen LogP contribution in [0.3, 0.4) is 0 Å². The molecule has 37 heavy (non-hydrogen) atoms. The maximum Gasteiger partial charge on any atom is 0.302 e. The molecule has 6 rings (SSSR count). The lowest BCUT2D eigenvalue weighted by atomic mass is 9.44. The number of piperidine rings is 2. The highest BCUT2D eigenvalue weighted by Gasteiger charge is 2.66. The Balaban J connectivity index is 1.26. The summed E-state index contributed by atoms with van der Waals surface area (Å²) in [6.45, 7) is 11.3. The van der Waals surface area contributed by atoms with Crippen LogP contribution >= 0.6 is 0 Å². The standard InChI is InChI=1S/C32H53N2O3/c1-22(35)37-29-19-23-11-12-24-25(32(23,3)21-27(29)33-15-7-5-8-16-33)13-14-31(2)26(24)20-28(30(31)36)34(4)17-9-6-10-18-34/h23-29H,5-21H2,1-4H3/q+1/t23-,24-,25-,26-,27+,28+,29-,31+,32+/m1/s1. The summed E-state index contributed by atoms with van der Waals surface area (Å²) in [6.07, 6.45) is 16.0. The van der Waals surface area contributed by atoms with Crippen molar-refractivity contribution in [1.82, 2.24) is 4.90 Å². The van der Waals surface area contributed by atoms with Crippen molar-refractivity contribution in [2.24, 2.45) is 34.5 Å². The van der Waals surface area contributed by atoms with Gasteiger partial charge in [0, 0.05) is 24.8 Å². The largest absolute Gasteiger partial charge is 0.461 e. The summed E-state index contributed by atoms with van der Waals surface area (Å²) in [5, 5.41) is 0. The van der Waals surface area contributed by atoms with Crippen molar-refractivity contribution in [3.63, 3.8) is 0 Å². The van der Waals surface area contributed by atoms with E-state index < -0.39 is 0 Å². The molecule has 6 aliphatic rings. The Labute approximate surface area is 225 Å². The minimum absolute atomic E-state index is 0.0556. The topological polar surface area (TPSA) is 46.6 Å². The van der Waals surface area contributed by atoms with Crippen molar-refractivity contribution in [2.45, 2.75) is 122 Å². The van der Waals surface area contributed by atoms with E-state index in [1.54, 1.807) is 6.92 Å². The fourth-order valence-corrected chi connectivity index (χ4v) is 11.1. The monoisotopic (exact) mass is 513 g/mol. The van der Waals surface area contributed by atoms with Crippen molar-refractivity contribution in [3.8, 4) is 0 Å². The van der Waals surface area contributed by atoms with Gasteiger partial charge in [-0.1, -0.05) is 20.3 Å². The number of carbonyl (C=O) groups excluding carboxylic acids is 2. The number of quaternary nitrogens is 1. The molecule has 2 heterocycles. The van der Waals surface area contributed by atoms with Gasteiger partial charge in [0.2, 0.25) is 0 Å². The smallest absolute Gasteiger partial charge is 0.302 e. The molecule has 0 bridgehead atoms. The Bertz CT molecular complexity index is 892. The molecule has 0 spiro atoms. The highest BCUT2D eigenvalue weighted by molar-refractivity contribution is 5.91. The fourth-order valence-electron chi connectivity index (χ4n) is 11.1. The quantitative estimate of drug-likeness (QED) is 0.364. The third-order valence-electron chi connectivity index (χ3n) is 13.2. The van der Waals surface area contributed by atoms with E-state index >= 15 is 0 Å². The van der Waals surface area contributed by atoms with Gasteiger partial charge < -0.3 is 9.22 Å². The van der Waals surface area contributed by atoms with Crippen molar-refractivity contribution >= 4 is 11.8 Å². The molecular formula is C32H53N2O3+. The summed E-state index contributed by atoms with van der Waals surface area (Å²) >= 11 is 0. The first kappa shape index (κ1) is 26.3. The summed E-state index contributed by atoms with van der Waals surface area (Å²) in [4.78, 5) is 28.9. The molecule has 0 aromatic rings. The molecule has 0 N–H and O–H groups in total. The predicted octanol–water partition coefficient (Wildman–Crippen LogP) is 5.60. The molecule has 0 radical (unpaired) electrons. The Morgan fingerprint density at radius 3 is 2.35 bits per heavy atom. The third kappa shape index (κ3) is 4.24. The minimum atomic E-state index is -0.109. The van der Waals surface area contributed by atoms with E-state index in [1.807, 2.05) is 0 Å². The summed E-state index contributed by atoms with van der Waals surface area (Å²) in [5.74, 6) is 3.13. The van der Waals surface area contributed by atoms with Crippen LogP contribution in [0.4, 0.5) is 0 Å². The van der Waals surface area contributed by atoms with Gasteiger partial charge in [-0.15, -0.1) is 0 Å². The minimum Gasteiger partial charge on any atom is -0.461 e. The number of esters is 1. The Morgan fingerprint density at radius 2 is 1.65 bits per heavy atom. The molecule has 5 heteroatoms. The second-order valence-electron chi connectivity index (χ2n) is 15.0. The van der Waals surface area contributed by atoms with Crippen molar-refractivity contribution in [3.05, 3.63) is 0 Å². The van der Waals surface area contributed by atoms with Crippen molar-refractivity contribution in [2.75, 3.05) is 33.2 Å². The van der Waals surface area contributed by atoms with Gasteiger partial charge in [0.05, 0.1) is 20.1 Å². The highest BCUT2D eigenvalue weighted by Crippen LogP contribution is 2.66. The lowest BCUT2D eigenvalue weighted by Gasteiger charge is -2.62. The number of likely N-dealkylation sites (N-methyl/N-ethyl adjacent to an activating group) is 1. The molecule has 2 saturated heterocycles. The van der Waals surface area contributed by atoms with Gasteiger partial charge >= 0.3 is 5.97 Å². The Kier molecular flexibility index (Phi) is 6.83. The van der Waals surface area contributed by atoms with Crippen LogP contribution in [0.15, 0.2) is 0 Å². The molecule has 0 aromatic heterocycles. The molecular weight excluding hydrogens is 460 g/mol. The van der Waals surface area contributed by atoms with Crippen LogP contribution in [0.1, 0.15) is 104 Å². The number of carbonyl (C=O) groups is 2. The van der Waals surface area contributed by atoms with E-state index in [2.05, 4.69) is 25.8 Å². The normalized spacial score (nSPS) is 48.0. The molecule has 6 fully saturated rings. The number of Topliss-reactive ketones (excluding diaryl/α,β-unsaturated/α-hetero) is 1. The van der Waals surface area contributed by atoms with Gasteiger partial charge in [0.25, 0.3) is 0 Å². The van der Waals surface area contributed by atoms with E-state index in [9.17, 15) is 9.59 Å². The second-order valence-corrected chi connectivity index (χ2v) is 15.0. The average molecular weight is 514 g/mol. The number of hydrogen-bond acceptors (Lipinski definition) is 4. The van der Waals surface area contributed by atoms with E-state index in [1.165, 1.54) is 77.3 Å². The van der Waals surface area contributed by atoms with E-state index in [-0.39, 0.29) is 23.5 Å². The summed E-state index contributed by atoms with van der Waals surface area (Å²) in [7, 11) is 2.40. The van der Waals surface area contributed by atoms with Gasteiger partial charge in [-0.25, -0.2) is 0 Å². The lowest BCUT2D eigenvalue weighted by molar-refractivity contribution is -0.928. The molecule has 2 aliphatic heterocycles. The lowest BCUT2D eigenvalue weighted by Crippen LogP contribution is -2.60. The van der Waals surface area contributed by atoms with Gasteiger partial charge in [-0.2, -0.15) is 0 Å². The third-order valence-corrected chi connectivity index (χ3v) is 13.2. The van der Waals surface area contributed by atoms with Crippen LogP contribution < -0.4 is 0 Å². The van der Waals surface area contributed by atoms with Gasteiger partial charge in [0.1, 0.15) is 12.1 Å². The van der Waals surface area contributed by atoms with Crippen LogP contribution in [0.2, 0.25) is 0 Å².